The first-order valence-corrected chi connectivity index (χ1v) is 10.9. The number of aromatic nitrogens is 1. The maximum absolute atomic E-state index is 12.5. The Balaban J connectivity index is 1.59. The van der Waals surface area contributed by atoms with Crippen molar-refractivity contribution in [3.05, 3.63) is 84.4 Å². The Bertz CT molecular complexity index is 1110. The van der Waals surface area contributed by atoms with Crippen molar-refractivity contribution in [1.29, 1.82) is 0 Å². The van der Waals surface area contributed by atoms with Crippen molar-refractivity contribution in [1.82, 2.24) is 10.3 Å². The lowest BCUT2D eigenvalue weighted by molar-refractivity contribution is 0.251. The number of nitrogens with one attached hydrogen (secondary N) is 2. The summed E-state index contributed by atoms with van der Waals surface area (Å²) in [6, 6.07) is 25.0. The van der Waals surface area contributed by atoms with Crippen molar-refractivity contribution < 1.29 is 14.3 Å². The van der Waals surface area contributed by atoms with Crippen LogP contribution in [-0.4, -0.2) is 25.2 Å². The third-order valence-corrected chi connectivity index (χ3v) is 5.88. The Labute approximate surface area is 190 Å². The van der Waals surface area contributed by atoms with Crippen LogP contribution in [0.1, 0.15) is 5.56 Å². The highest BCUT2D eigenvalue weighted by Gasteiger charge is 2.17. The van der Waals surface area contributed by atoms with Crippen molar-refractivity contribution in [2.75, 3.05) is 19.5 Å². The minimum absolute atomic E-state index is 0.301. The quantitative estimate of drug-likeness (QED) is 0.376. The van der Waals surface area contributed by atoms with Gasteiger partial charge in [0, 0.05) is 12.1 Å². The van der Waals surface area contributed by atoms with Crippen molar-refractivity contribution >= 4 is 22.5 Å². The SMILES string of the molecule is COc1ccc(-c2nc(NC(=O)NCc3ccccc3)sc2-c2ccc(OC)cc2)cc1. The lowest BCUT2D eigenvalue weighted by Crippen LogP contribution is -2.28. The molecule has 4 rings (SSSR count). The van der Waals surface area contributed by atoms with Gasteiger partial charge in [-0.2, -0.15) is 0 Å². The van der Waals surface area contributed by atoms with E-state index in [0.717, 1.165) is 38.8 Å². The topological polar surface area (TPSA) is 72.5 Å². The first kappa shape index (κ1) is 21.4. The summed E-state index contributed by atoms with van der Waals surface area (Å²) in [6.07, 6.45) is 0. The first-order chi connectivity index (χ1) is 15.7. The highest BCUT2D eigenvalue weighted by Crippen LogP contribution is 2.39. The van der Waals surface area contributed by atoms with E-state index in [2.05, 4.69) is 10.6 Å². The van der Waals surface area contributed by atoms with Gasteiger partial charge in [-0.1, -0.05) is 41.7 Å². The Morgan fingerprint density at radius 3 is 2.03 bits per heavy atom. The number of nitrogens with zero attached hydrogens (tertiary/aromatic N) is 1. The second-order valence-corrected chi connectivity index (χ2v) is 7.95. The van der Waals surface area contributed by atoms with Crippen molar-refractivity contribution in [2.45, 2.75) is 6.54 Å². The van der Waals surface area contributed by atoms with Gasteiger partial charge in [0.1, 0.15) is 11.5 Å². The van der Waals surface area contributed by atoms with Gasteiger partial charge in [0.05, 0.1) is 24.8 Å². The summed E-state index contributed by atoms with van der Waals surface area (Å²) in [6.45, 7) is 0.439. The minimum Gasteiger partial charge on any atom is -0.497 e. The number of urea groups is 1. The van der Waals surface area contributed by atoms with Crippen LogP contribution < -0.4 is 20.1 Å². The lowest BCUT2D eigenvalue weighted by Gasteiger charge is -2.05. The molecule has 0 saturated carbocycles. The molecule has 1 heterocycles. The fourth-order valence-corrected chi connectivity index (χ4v) is 4.16. The third-order valence-electron chi connectivity index (χ3n) is 4.86. The summed E-state index contributed by atoms with van der Waals surface area (Å²) in [4.78, 5) is 18.1. The molecule has 0 spiro atoms. The van der Waals surface area contributed by atoms with E-state index in [4.69, 9.17) is 14.5 Å². The van der Waals surface area contributed by atoms with Crippen LogP contribution in [0, 0.1) is 0 Å². The van der Waals surface area contributed by atoms with E-state index < -0.39 is 0 Å². The van der Waals surface area contributed by atoms with Gasteiger partial charge in [-0.3, -0.25) is 5.32 Å². The minimum atomic E-state index is -0.301. The summed E-state index contributed by atoms with van der Waals surface area (Å²) in [7, 11) is 3.28. The molecule has 6 nitrogen and oxygen atoms in total. The molecular formula is C25H23N3O3S. The molecule has 0 aliphatic heterocycles. The number of hydrogen-bond acceptors (Lipinski definition) is 5. The number of amides is 2. The van der Waals surface area contributed by atoms with Gasteiger partial charge in [0.15, 0.2) is 5.13 Å². The zero-order chi connectivity index (χ0) is 22.3. The molecular weight excluding hydrogens is 422 g/mol. The molecule has 0 fully saturated rings. The average molecular weight is 446 g/mol. The molecule has 0 radical (unpaired) electrons. The van der Waals surface area contributed by atoms with E-state index >= 15 is 0 Å². The van der Waals surface area contributed by atoms with E-state index in [-0.39, 0.29) is 6.03 Å². The van der Waals surface area contributed by atoms with Crippen LogP contribution in [0.5, 0.6) is 11.5 Å². The fourth-order valence-electron chi connectivity index (χ4n) is 3.18. The van der Waals surface area contributed by atoms with Gasteiger partial charge >= 0.3 is 6.03 Å². The molecule has 3 aromatic carbocycles. The van der Waals surface area contributed by atoms with Crippen LogP contribution in [-0.2, 0) is 6.54 Å². The van der Waals surface area contributed by atoms with Crippen molar-refractivity contribution in [3.8, 4) is 33.2 Å². The number of ether oxygens (including phenoxy) is 2. The maximum Gasteiger partial charge on any atom is 0.321 e. The molecule has 0 atom stereocenters. The molecule has 4 aromatic rings. The number of hydrogen-bond donors (Lipinski definition) is 2. The molecule has 162 valence electrons. The summed E-state index contributed by atoms with van der Waals surface area (Å²) < 4.78 is 10.5. The van der Waals surface area contributed by atoms with E-state index in [0.29, 0.717) is 11.7 Å². The molecule has 2 N–H and O–H groups in total. The van der Waals surface area contributed by atoms with Crippen molar-refractivity contribution in [2.24, 2.45) is 0 Å². The van der Waals surface area contributed by atoms with E-state index in [9.17, 15) is 4.79 Å². The molecule has 0 saturated heterocycles. The van der Waals surface area contributed by atoms with Gasteiger partial charge in [-0.15, -0.1) is 0 Å². The molecule has 2 amide bonds. The Kier molecular flexibility index (Phi) is 6.67. The van der Waals surface area contributed by atoms with Crippen LogP contribution in [0.15, 0.2) is 78.9 Å². The van der Waals surface area contributed by atoms with Gasteiger partial charge < -0.3 is 14.8 Å². The number of carbonyl (C=O) groups excluding carboxylic acids is 1. The number of anilines is 1. The highest BCUT2D eigenvalue weighted by atomic mass is 32.1. The zero-order valence-corrected chi connectivity index (χ0v) is 18.6. The number of rotatable bonds is 7. The number of thiazole rings is 1. The van der Waals surface area contributed by atoms with Gasteiger partial charge in [-0.25, -0.2) is 9.78 Å². The molecule has 7 heteroatoms. The normalized spacial score (nSPS) is 10.4. The molecule has 0 aliphatic rings. The van der Waals surface area contributed by atoms with Crippen LogP contribution >= 0.6 is 11.3 Å². The standard InChI is InChI=1S/C25H23N3O3S/c1-30-20-12-8-18(9-13-20)22-23(19-10-14-21(31-2)15-11-19)32-25(27-22)28-24(29)26-16-17-6-4-3-5-7-17/h3-15H,16H2,1-2H3,(H2,26,27,28,29). The van der Waals surface area contributed by atoms with Gasteiger partial charge in [-0.05, 0) is 59.7 Å². The Morgan fingerprint density at radius 1 is 0.844 bits per heavy atom. The highest BCUT2D eigenvalue weighted by molar-refractivity contribution is 7.19. The average Bonchev–Trinajstić information content (AvgIpc) is 3.27. The number of methoxy groups -OCH3 is 2. The van der Waals surface area contributed by atoms with Gasteiger partial charge in [0.2, 0.25) is 0 Å². The van der Waals surface area contributed by atoms with Crippen molar-refractivity contribution in [3.63, 3.8) is 0 Å². The number of carbonyl (C=O) groups is 1. The van der Waals surface area contributed by atoms with E-state index in [1.807, 2.05) is 78.9 Å². The zero-order valence-electron chi connectivity index (χ0n) is 17.8. The van der Waals surface area contributed by atoms with Crippen LogP contribution in [0.25, 0.3) is 21.7 Å². The van der Waals surface area contributed by atoms with Gasteiger partial charge in [0.25, 0.3) is 0 Å². The Morgan fingerprint density at radius 2 is 1.44 bits per heavy atom. The van der Waals surface area contributed by atoms with Crippen LogP contribution in [0.3, 0.4) is 0 Å². The predicted octanol–water partition coefficient (Wildman–Crippen LogP) is 5.82. The number of benzene rings is 3. The third kappa shape index (κ3) is 5.07. The molecule has 1 aromatic heterocycles. The maximum atomic E-state index is 12.5. The molecule has 32 heavy (non-hydrogen) atoms. The summed E-state index contributed by atoms with van der Waals surface area (Å²) >= 11 is 1.43. The largest absolute Gasteiger partial charge is 0.497 e. The second kappa shape index (κ2) is 9.98. The first-order valence-electron chi connectivity index (χ1n) is 10.0. The Hall–Kier alpha value is -3.84. The summed E-state index contributed by atoms with van der Waals surface area (Å²) in [5.74, 6) is 1.55. The monoisotopic (exact) mass is 445 g/mol. The van der Waals surface area contributed by atoms with Crippen LogP contribution in [0.4, 0.5) is 9.93 Å². The second-order valence-electron chi connectivity index (χ2n) is 6.95. The molecule has 0 aliphatic carbocycles. The smallest absolute Gasteiger partial charge is 0.321 e. The fraction of sp³-hybridized carbons (Fsp3) is 0.120. The van der Waals surface area contributed by atoms with Crippen LogP contribution in [0.2, 0.25) is 0 Å². The molecule has 0 unspecified atom stereocenters. The lowest BCUT2D eigenvalue weighted by atomic mass is 10.1. The van der Waals surface area contributed by atoms with E-state index in [1.165, 1.54) is 11.3 Å². The predicted molar refractivity (Wildman–Crippen MR) is 128 cm³/mol. The molecule has 0 bridgehead atoms. The summed E-state index contributed by atoms with van der Waals surface area (Å²) in [5.41, 5.74) is 3.75. The summed E-state index contributed by atoms with van der Waals surface area (Å²) in [5, 5.41) is 6.26. The van der Waals surface area contributed by atoms with E-state index in [1.54, 1.807) is 14.2 Å².